The summed E-state index contributed by atoms with van der Waals surface area (Å²) < 4.78 is 0. The molecular formula is C21H29N. The van der Waals surface area contributed by atoms with E-state index in [1.54, 1.807) is 30.5 Å². The molecule has 6 rings (SSSR count). The van der Waals surface area contributed by atoms with Gasteiger partial charge < -0.3 is 4.90 Å². The third kappa shape index (κ3) is 1.97. The fourth-order valence-electron chi connectivity index (χ4n) is 6.70. The molecule has 5 fully saturated rings. The van der Waals surface area contributed by atoms with Crippen LogP contribution in [0.15, 0.2) is 18.2 Å². The van der Waals surface area contributed by atoms with Crippen LogP contribution in [-0.2, 0) is 5.41 Å². The first-order valence-electron chi connectivity index (χ1n) is 9.58. The molecule has 1 heteroatoms. The maximum atomic E-state index is 2.64. The molecule has 4 saturated carbocycles. The highest BCUT2D eigenvalue weighted by atomic mass is 15.1. The molecule has 0 spiro atoms. The normalized spacial score (nSPS) is 39.7. The van der Waals surface area contributed by atoms with Crippen molar-refractivity contribution in [2.45, 2.75) is 63.7 Å². The average Bonchev–Trinajstić information content (AvgIpc) is 3.00. The monoisotopic (exact) mass is 295 g/mol. The van der Waals surface area contributed by atoms with E-state index in [4.69, 9.17) is 0 Å². The van der Waals surface area contributed by atoms with Gasteiger partial charge in [-0.2, -0.15) is 0 Å². The molecule has 0 atom stereocenters. The van der Waals surface area contributed by atoms with Gasteiger partial charge in [0.15, 0.2) is 0 Å². The summed E-state index contributed by atoms with van der Waals surface area (Å²) in [6, 6.07) is 7.51. The summed E-state index contributed by atoms with van der Waals surface area (Å²) in [6.07, 6.45) is 11.9. The number of aryl methyl sites for hydroxylation is 1. The summed E-state index contributed by atoms with van der Waals surface area (Å²) >= 11 is 0. The summed E-state index contributed by atoms with van der Waals surface area (Å²) in [7, 11) is 0. The second kappa shape index (κ2) is 4.76. The summed E-state index contributed by atoms with van der Waals surface area (Å²) in [5.41, 5.74) is 5.27. The van der Waals surface area contributed by atoms with E-state index in [9.17, 15) is 0 Å². The molecule has 1 aromatic rings. The van der Waals surface area contributed by atoms with Crippen molar-refractivity contribution in [3.05, 3.63) is 29.3 Å². The van der Waals surface area contributed by atoms with Crippen molar-refractivity contribution in [2.75, 3.05) is 18.0 Å². The van der Waals surface area contributed by atoms with Gasteiger partial charge in [0.05, 0.1) is 0 Å². The minimum atomic E-state index is 0.553. The Hall–Kier alpha value is -0.980. The lowest BCUT2D eigenvalue weighted by molar-refractivity contribution is -0.00517. The fraction of sp³-hybridized carbons (Fsp3) is 0.714. The summed E-state index contributed by atoms with van der Waals surface area (Å²) in [5, 5.41) is 0. The first kappa shape index (κ1) is 13.5. The van der Waals surface area contributed by atoms with E-state index in [2.05, 4.69) is 30.0 Å². The van der Waals surface area contributed by atoms with Gasteiger partial charge in [-0.05, 0) is 98.7 Å². The van der Waals surface area contributed by atoms with Crippen molar-refractivity contribution in [1.29, 1.82) is 0 Å². The third-order valence-corrected chi connectivity index (χ3v) is 7.31. The van der Waals surface area contributed by atoms with Crippen molar-refractivity contribution in [3.8, 4) is 0 Å². The lowest BCUT2D eigenvalue weighted by Crippen LogP contribution is -2.48. The number of nitrogens with zero attached hydrogens (tertiary/aromatic N) is 1. The Kier molecular flexibility index (Phi) is 2.91. The molecule has 1 heterocycles. The van der Waals surface area contributed by atoms with E-state index in [0.717, 1.165) is 17.8 Å². The molecule has 0 unspecified atom stereocenters. The number of hydrogen-bond acceptors (Lipinski definition) is 1. The fourth-order valence-corrected chi connectivity index (χ4v) is 6.70. The largest absolute Gasteiger partial charge is 0.371 e. The average molecular weight is 295 g/mol. The van der Waals surface area contributed by atoms with Gasteiger partial charge in [0.25, 0.3) is 0 Å². The smallest absolute Gasteiger partial charge is 0.0398 e. The minimum absolute atomic E-state index is 0.553. The molecule has 0 aromatic heterocycles. The van der Waals surface area contributed by atoms with Crippen LogP contribution < -0.4 is 4.90 Å². The summed E-state index contributed by atoms with van der Waals surface area (Å²) in [4.78, 5) is 2.64. The van der Waals surface area contributed by atoms with E-state index >= 15 is 0 Å². The first-order valence-corrected chi connectivity index (χ1v) is 9.58. The Morgan fingerprint density at radius 3 is 2.09 bits per heavy atom. The topological polar surface area (TPSA) is 3.24 Å². The van der Waals surface area contributed by atoms with Crippen molar-refractivity contribution in [1.82, 2.24) is 0 Å². The predicted octanol–water partition coefficient (Wildman–Crippen LogP) is 5.06. The predicted molar refractivity (Wildman–Crippen MR) is 92.5 cm³/mol. The first-order chi connectivity index (χ1) is 10.7. The molecule has 0 N–H and O–H groups in total. The third-order valence-electron chi connectivity index (χ3n) is 7.31. The Bertz CT molecular complexity index is 546. The van der Waals surface area contributed by atoms with Crippen LogP contribution >= 0.6 is 0 Å². The van der Waals surface area contributed by atoms with Gasteiger partial charge in [0.2, 0.25) is 0 Å². The molecule has 1 aliphatic heterocycles. The Balaban J connectivity index is 1.53. The van der Waals surface area contributed by atoms with E-state index in [0.29, 0.717) is 5.41 Å². The van der Waals surface area contributed by atoms with Crippen LogP contribution in [0.2, 0.25) is 0 Å². The molecule has 5 aliphatic rings. The van der Waals surface area contributed by atoms with Gasteiger partial charge in [0, 0.05) is 18.8 Å². The van der Waals surface area contributed by atoms with Crippen LogP contribution in [0.1, 0.15) is 62.5 Å². The van der Waals surface area contributed by atoms with Crippen LogP contribution in [0, 0.1) is 24.7 Å². The molecular weight excluding hydrogens is 266 g/mol. The zero-order chi connectivity index (χ0) is 14.7. The van der Waals surface area contributed by atoms with Crippen LogP contribution in [0.3, 0.4) is 0 Å². The molecule has 1 saturated heterocycles. The van der Waals surface area contributed by atoms with Gasteiger partial charge in [-0.1, -0.05) is 12.1 Å². The SMILES string of the molecule is Cc1ccc(C23CC4CC(CC(C4)C2)C3)cc1N1CCCC1. The van der Waals surface area contributed by atoms with Crippen LogP contribution in [-0.4, -0.2) is 13.1 Å². The van der Waals surface area contributed by atoms with Crippen LogP contribution in [0.5, 0.6) is 0 Å². The molecule has 4 aliphatic carbocycles. The highest BCUT2D eigenvalue weighted by molar-refractivity contribution is 5.57. The number of anilines is 1. The minimum Gasteiger partial charge on any atom is -0.371 e. The molecule has 1 nitrogen and oxygen atoms in total. The molecule has 0 amide bonds. The second-order valence-electron chi connectivity index (χ2n) is 8.89. The molecule has 118 valence electrons. The zero-order valence-corrected chi connectivity index (χ0v) is 14.0. The van der Waals surface area contributed by atoms with E-state index < -0.39 is 0 Å². The molecule has 1 aromatic carbocycles. The molecule has 0 radical (unpaired) electrons. The lowest BCUT2D eigenvalue weighted by atomic mass is 9.48. The number of benzene rings is 1. The Morgan fingerprint density at radius 2 is 1.50 bits per heavy atom. The van der Waals surface area contributed by atoms with Gasteiger partial charge in [-0.25, -0.2) is 0 Å². The van der Waals surface area contributed by atoms with Crippen molar-refractivity contribution < 1.29 is 0 Å². The maximum Gasteiger partial charge on any atom is 0.0398 e. The maximum absolute atomic E-state index is 2.64. The van der Waals surface area contributed by atoms with E-state index in [1.807, 2.05) is 0 Å². The molecule has 4 bridgehead atoms. The van der Waals surface area contributed by atoms with Crippen LogP contribution in [0.4, 0.5) is 5.69 Å². The summed E-state index contributed by atoms with van der Waals surface area (Å²) in [6.45, 7) is 4.84. The molecule has 22 heavy (non-hydrogen) atoms. The van der Waals surface area contributed by atoms with Gasteiger partial charge >= 0.3 is 0 Å². The van der Waals surface area contributed by atoms with Crippen molar-refractivity contribution in [3.63, 3.8) is 0 Å². The number of rotatable bonds is 2. The second-order valence-corrected chi connectivity index (χ2v) is 8.89. The lowest BCUT2D eigenvalue weighted by Gasteiger charge is -2.57. The highest BCUT2D eigenvalue weighted by Gasteiger charge is 2.51. The standard InChI is InChI=1S/C21H29N/c1-15-4-5-19(11-20(15)22-6-2-3-7-22)21-12-16-8-17(13-21)10-18(9-16)14-21/h4-5,11,16-18H,2-3,6-10,12-14H2,1H3. The highest BCUT2D eigenvalue weighted by Crippen LogP contribution is 2.61. The zero-order valence-electron chi connectivity index (χ0n) is 14.0. The van der Waals surface area contributed by atoms with Crippen molar-refractivity contribution in [2.24, 2.45) is 17.8 Å². The van der Waals surface area contributed by atoms with E-state index in [1.165, 1.54) is 50.8 Å². The Labute approximate surface area is 135 Å². The van der Waals surface area contributed by atoms with E-state index in [-0.39, 0.29) is 0 Å². The van der Waals surface area contributed by atoms with Gasteiger partial charge in [0.1, 0.15) is 0 Å². The Morgan fingerprint density at radius 1 is 0.909 bits per heavy atom. The van der Waals surface area contributed by atoms with Gasteiger partial charge in [-0.15, -0.1) is 0 Å². The van der Waals surface area contributed by atoms with Gasteiger partial charge in [-0.3, -0.25) is 0 Å². The number of hydrogen-bond donors (Lipinski definition) is 0. The van der Waals surface area contributed by atoms with Crippen LogP contribution in [0.25, 0.3) is 0 Å². The quantitative estimate of drug-likeness (QED) is 0.737. The summed E-state index contributed by atoms with van der Waals surface area (Å²) in [5.74, 6) is 3.13. The van der Waals surface area contributed by atoms with Crippen molar-refractivity contribution >= 4 is 5.69 Å².